The van der Waals surface area contributed by atoms with E-state index in [1.165, 1.54) is 32.1 Å². The number of alkyl halides is 3. The lowest BCUT2D eigenvalue weighted by molar-refractivity contribution is -0.164. The van der Waals surface area contributed by atoms with Gasteiger partial charge in [0.05, 0.1) is 11.3 Å². The molecule has 0 bridgehead atoms. The molecule has 2 heterocycles. The third kappa shape index (κ3) is 7.77. The van der Waals surface area contributed by atoms with E-state index in [9.17, 15) is 13.2 Å². The highest BCUT2D eigenvalue weighted by atomic mass is 79.9. The molecule has 4 nitrogen and oxygen atoms in total. The zero-order chi connectivity index (χ0) is 21.4. The molecule has 1 saturated heterocycles. The van der Waals surface area contributed by atoms with E-state index in [-0.39, 0.29) is 6.29 Å². The molecular formula is C22H32BrF3N2O2. The molecular weight excluding hydrogens is 461 g/mol. The molecule has 30 heavy (non-hydrogen) atoms. The van der Waals surface area contributed by atoms with Crippen LogP contribution < -0.4 is 5.32 Å². The van der Waals surface area contributed by atoms with E-state index < -0.39 is 11.7 Å². The third-order valence-electron chi connectivity index (χ3n) is 6.15. The first-order valence-electron chi connectivity index (χ1n) is 11.1. The highest BCUT2D eigenvalue weighted by Gasteiger charge is 2.31. The van der Waals surface area contributed by atoms with E-state index >= 15 is 0 Å². The zero-order valence-electron chi connectivity index (χ0n) is 17.4. The summed E-state index contributed by atoms with van der Waals surface area (Å²) in [6.07, 6.45) is 6.59. The summed E-state index contributed by atoms with van der Waals surface area (Å²) in [4.78, 5) is 3.97. The molecule has 170 valence electrons. The minimum Gasteiger partial charge on any atom is -0.353 e. The van der Waals surface area contributed by atoms with Gasteiger partial charge in [-0.25, -0.2) is 0 Å². The Balaban J connectivity index is 1.26. The van der Waals surface area contributed by atoms with Crippen LogP contribution in [-0.2, 0) is 22.1 Å². The Morgan fingerprint density at radius 2 is 1.90 bits per heavy atom. The molecule has 0 radical (unpaired) electrons. The van der Waals surface area contributed by atoms with Crippen LogP contribution in [0.2, 0.25) is 0 Å². The van der Waals surface area contributed by atoms with Crippen molar-refractivity contribution in [3.63, 3.8) is 0 Å². The van der Waals surface area contributed by atoms with Crippen molar-refractivity contribution in [2.24, 2.45) is 11.8 Å². The fourth-order valence-electron chi connectivity index (χ4n) is 4.25. The van der Waals surface area contributed by atoms with Crippen molar-refractivity contribution in [3.05, 3.63) is 28.0 Å². The molecule has 0 aromatic carbocycles. The van der Waals surface area contributed by atoms with Crippen molar-refractivity contribution in [2.45, 2.75) is 70.3 Å². The number of hydrogen-bond acceptors (Lipinski definition) is 4. The number of pyridine rings is 1. The van der Waals surface area contributed by atoms with Gasteiger partial charge in [-0.15, -0.1) is 0 Å². The molecule has 1 aliphatic heterocycles. The van der Waals surface area contributed by atoms with Gasteiger partial charge in [-0.3, -0.25) is 4.98 Å². The predicted octanol–water partition coefficient (Wildman–Crippen LogP) is 5.73. The van der Waals surface area contributed by atoms with Crippen molar-refractivity contribution < 1.29 is 22.6 Å². The SMILES string of the molecule is FC(F)(F)c1cnc(CCNCC2CCC(CCO[C@H]3CCCCO3)CC2)c(Br)c1. The van der Waals surface area contributed by atoms with Gasteiger partial charge in [-0.05, 0) is 78.9 Å². The molecule has 1 N–H and O–H groups in total. The number of nitrogens with one attached hydrogen (secondary N) is 1. The van der Waals surface area contributed by atoms with Crippen LogP contribution in [0.5, 0.6) is 0 Å². The Hall–Kier alpha value is -0.700. The molecule has 2 fully saturated rings. The van der Waals surface area contributed by atoms with Crippen LogP contribution in [-0.4, -0.2) is 37.6 Å². The zero-order valence-corrected chi connectivity index (χ0v) is 18.9. The van der Waals surface area contributed by atoms with Crippen LogP contribution in [0.15, 0.2) is 16.7 Å². The van der Waals surface area contributed by atoms with Gasteiger partial charge in [0, 0.05) is 36.8 Å². The van der Waals surface area contributed by atoms with Crippen molar-refractivity contribution in [1.29, 1.82) is 0 Å². The van der Waals surface area contributed by atoms with Crippen molar-refractivity contribution in [1.82, 2.24) is 10.3 Å². The molecule has 8 heteroatoms. The van der Waals surface area contributed by atoms with Crippen LogP contribution in [0.4, 0.5) is 13.2 Å². The van der Waals surface area contributed by atoms with E-state index in [4.69, 9.17) is 9.47 Å². The first kappa shape index (κ1) is 24.0. The second kappa shape index (κ2) is 11.8. The summed E-state index contributed by atoms with van der Waals surface area (Å²) in [6.45, 7) is 3.30. The van der Waals surface area contributed by atoms with Gasteiger partial charge in [-0.2, -0.15) is 13.2 Å². The minimum atomic E-state index is -4.36. The quantitative estimate of drug-likeness (QED) is 0.446. The van der Waals surface area contributed by atoms with Gasteiger partial charge in [-0.1, -0.05) is 12.8 Å². The van der Waals surface area contributed by atoms with Gasteiger partial charge >= 0.3 is 6.18 Å². The number of ether oxygens (including phenoxy) is 2. The summed E-state index contributed by atoms with van der Waals surface area (Å²) < 4.78 is 50.0. The molecule has 2 aliphatic rings. The van der Waals surface area contributed by atoms with Crippen LogP contribution in [0.1, 0.15) is 62.6 Å². The molecule has 1 aliphatic carbocycles. The Bertz CT molecular complexity index is 646. The van der Waals surface area contributed by atoms with E-state index in [2.05, 4.69) is 26.2 Å². The maximum Gasteiger partial charge on any atom is 0.417 e. The van der Waals surface area contributed by atoms with E-state index in [0.29, 0.717) is 29.1 Å². The van der Waals surface area contributed by atoms with Crippen LogP contribution in [0.3, 0.4) is 0 Å². The first-order valence-corrected chi connectivity index (χ1v) is 11.9. The normalized spacial score (nSPS) is 25.4. The van der Waals surface area contributed by atoms with Crippen molar-refractivity contribution >= 4 is 15.9 Å². The van der Waals surface area contributed by atoms with Gasteiger partial charge in [0.15, 0.2) is 6.29 Å². The monoisotopic (exact) mass is 492 g/mol. The maximum atomic E-state index is 12.7. The first-order chi connectivity index (χ1) is 14.4. The van der Waals surface area contributed by atoms with E-state index in [1.54, 1.807) is 0 Å². The Labute approximate surface area is 185 Å². The highest BCUT2D eigenvalue weighted by Crippen LogP contribution is 2.32. The predicted molar refractivity (Wildman–Crippen MR) is 113 cm³/mol. The smallest absolute Gasteiger partial charge is 0.353 e. The Morgan fingerprint density at radius 1 is 1.13 bits per heavy atom. The van der Waals surface area contributed by atoms with Gasteiger partial charge in [0.1, 0.15) is 0 Å². The second-order valence-electron chi connectivity index (χ2n) is 8.45. The summed E-state index contributed by atoms with van der Waals surface area (Å²) in [5.41, 5.74) is -0.0688. The van der Waals surface area contributed by atoms with Crippen LogP contribution >= 0.6 is 15.9 Å². The molecule has 1 aromatic rings. The maximum absolute atomic E-state index is 12.7. The standard InChI is InChI=1S/C22H32BrF3N2O2/c23-19-13-18(22(24,25)26)15-28-20(19)8-10-27-14-17-6-4-16(5-7-17)9-12-30-21-3-1-2-11-29-21/h13,15-17,21,27H,1-12,14H2/t16?,17?,21-/m0/s1. The lowest BCUT2D eigenvalue weighted by Gasteiger charge is -2.29. The van der Waals surface area contributed by atoms with E-state index in [1.807, 2.05) is 0 Å². The summed E-state index contributed by atoms with van der Waals surface area (Å²) >= 11 is 3.21. The molecule has 0 amide bonds. The average Bonchev–Trinajstić information content (AvgIpc) is 2.73. The molecule has 0 unspecified atom stereocenters. The van der Waals surface area contributed by atoms with Gasteiger partial charge < -0.3 is 14.8 Å². The molecule has 1 aromatic heterocycles. The largest absolute Gasteiger partial charge is 0.417 e. The number of hydrogen-bond donors (Lipinski definition) is 1. The fourth-order valence-corrected chi connectivity index (χ4v) is 4.80. The van der Waals surface area contributed by atoms with Crippen LogP contribution in [0, 0.1) is 11.8 Å². The number of halogens is 4. The number of nitrogens with zero attached hydrogens (tertiary/aromatic N) is 1. The average molecular weight is 493 g/mol. The number of rotatable bonds is 9. The summed E-state index contributed by atoms with van der Waals surface area (Å²) in [5.74, 6) is 1.42. The Morgan fingerprint density at radius 3 is 2.57 bits per heavy atom. The topological polar surface area (TPSA) is 43.4 Å². The Kier molecular flexibility index (Phi) is 9.41. The van der Waals surface area contributed by atoms with Gasteiger partial charge in [0.2, 0.25) is 0 Å². The summed E-state index contributed by atoms with van der Waals surface area (Å²) in [5, 5.41) is 3.45. The summed E-state index contributed by atoms with van der Waals surface area (Å²) in [6, 6.07) is 1.10. The molecule has 0 spiro atoms. The second-order valence-corrected chi connectivity index (χ2v) is 9.30. The fraction of sp³-hybridized carbons (Fsp3) is 0.773. The lowest BCUT2D eigenvalue weighted by atomic mass is 9.80. The third-order valence-corrected chi connectivity index (χ3v) is 6.84. The number of aromatic nitrogens is 1. The summed E-state index contributed by atoms with van der Waals surface area (Å²) in [7, 11) is 0. The van der Waals surface area contributed by atoms with Crippen LogP contribution in [0.25, 0.3) is 0 Å². The highest BCUT2D eigenvalue weighted by molar-refractivity contribution is 9.10. The minimum absolute atomic E-state index is 0.0125. The lowest BCUT2D eigenvalue weighted by Crippen LogP contribution is -2.29. The molecule has 1 saturated carbocycles. The van der Waals surface area contributed by atoms with Crippen molar-refractivity contribution in [2.75, 3.05) is 26.3 Å². The molecule has 3 rings (SSSR count). The molecule has 1 atom stereocenters. The van der Waals surface area contributed by atoms with E-state index in [0.717, 1.165) is 57.2 Å². The van der Waals surface area contributed by atoms with Gasteiger partial charge in [0.25, 0.3) is 0 Å². The van der Waals surface area contributed by atoms with Crippen molar-refractivity contribution in [3.8, 4) is 0 Å².